The molecule has 0 spiro atoms. The van der Waals surface area contributed by atoms with Crippen molar-refractivity contribution in [1.82, 2.24) is 15.1 Å². The lowest BCUT2D eigenvalue weighted by Gasteiger charge is -2.39. The highest BCUT2D eigenvalue weighted by atomic mass is 16.5. The van der Waals surface area contributed by atoms with E-state index in [1.54, 1.807) is 0 Å². The van der Waals surface area contributed by atoms with Gasteiger partial charge >= 0.3 is 0 Å². The van der Waals surface area contributed by atoms with E-state index in [4.69, 9.17) is 4.74 Å². The number of rotatable bonds is 6. The molecule has 1 aromatic carbocycles. The highest BCUT2D eigenvalue weighted by Gasteiger charge is 2.35. The third-order valence-corrected chi connectivity index (χ3v) is 6.79. The van der Waals surface area contributed by atoms with E-state index in [1.165, 1.54) is 44.1 Å². The Labute approximate surface area is 169 Å². The van der Waals surface area contributed by atoms with Gasteiger partial charge in [-0.2, -0.15) is 0 Å². The Balaban J connectivity index is 1.20. The number of nitrogens with zero attached hydrogens (tertiary/aromatic N) is 2. The van der Waals surface area contributed by atoms with Gasteiger partial charge in [-0.3, -0.25) is 14.6 Å². The molecule has 2 saturated heterocycles. The van der Waals surface area contributed by atoms with Crippen LogP contribution in [0.2, 0.25) is 0 Å². The van der Waals surface area contributed by atoms with Gasteiger partial charge in [0.2, 0.25) is 5.91 Å². The molecule has 5 nitrogen and oxygen atoms in total. The zero-order valence-electron chi connectivity index (χ0n) is 17.0. The quantitative estimate of drug-likeness (QED) is 0.818. The number of hydrogen-bond donors (Lipinski definition) is 1. The first-order valence-corrected chi connectivity index (χ1v) is 11.2. The fraction of sp³-hybridized carbons (Fsp3) is 0.696. The molecule has 28 heavy (non-hydrogen) atoms. The first kappa shape index (κ1) is 19.9. The lowest BCUT2D eigenvalue weighted by Crippen LogP contribution is -2.57. The molecule has 1 amide bonds. The van der Waals surface area contributed by atoms with E-state index in [2.05, 4.69) is 45.4 Å². The summed E-state index contributed by atoms with van der Waals surface area (Å²) in [6.07, 6.45) is 7.42. The summed E-state index contributed by atoms with van der Waals surface area (Å²) in [4.78, 5) is 17.8. The molecule has 1 aliphatic carbocycles. The summed E-state index contributed by atoms with van der Waals surface area (Å²) in [6, 6.07) is 11.2. The largest absolute Gasteiger partial charge is 0.378 e. The third kappa shape index (κ3) is 5.13. The van der Waals surface area contributed by atoms with Crippen LogP contribution in [-0.2, 0) is 16.1 Å². The standard InChI is InChI=1S/C23H35N3O2/c27-23(22-18-28-15-14-26(22)21-8-4-5-9-21)24-16-19-10-12-25(13-11-19)17-20-6-2-1-3-7-20/h1-3,6-7,19,21-22H,4-5,8-18H2,(H,24,27). The zero-order valence-corrected chi connectivity index (χ0v) is 17.0. The Hall–Kier alpha value is -1.43. The molecule has 1 unspecified atom stereocenters. The van der Waals surface area contributed by atoms with Gasteiger partial charge in [-0.1, -0.05) is 43.2 Å². The van der Waals surface area contributed by atoms with Crippen LogP contribution in [0.1, 0.15) is 44.1 Å². The van der Waals surface area contributed by atoms with Crippen LogP contribution in [-0.4, -0.2) is 67.2 Å². The Kier molecular flexibility index (Phi) is 7.00. The van der Waals surface area contributed by atoms with Gasteiger partial charge in [-0.15, -0.1) is 0 Å². The summed E-state index contributed by atoms with van der Waals surface area (Å²) in [6.45, 7) is 6.31. The Morgan fingerprint density at radius 3 is 2.54 bits per heavy atom. The van der Waals surface area contributed by atoms with Crippen molar-refractivity contribution in [2.75, 3.05) is 39.4 Å². The topological polar surface area (TPSA) is 44.8 Å². The summed E-state index contributed by atoms with van der Waals surface area (Å²) >= 11 is 0. The summed E-state index contributed by atoms with van der Waals surface area (Å²) in [7, 11) is 0. The van der Waals surface area contributed by atoms with Crippen LogP contribution in [0.3, 0.4) is 0 Å². The minimum atomic E-state index is -0.0879. The molecule has 1 N–H and O–H groups in total. The number of ether oxygens (including phenoxy) is 1. The highest BCUT2D eigenvalue weighted by molar-refractivity contribution is 5.82. The van der Waals surface area contributed by atoms with Gasteiger partial charge in [0.15, 0.2) is 0 Å². The molecule has 1 aromatic rings. The van der Waals surface area contributed by atoms with E-state index >= 15 is 0 Å². The van der Waals surface area contributed by atoms with Crippen LogP contribution in [0.25, 0.3) is 0 Å². The zero-order chi connectivity index (χ0) is 19.2. The average Bonchev–Trinajstić information content (AvgIpc) is 3.29. The van der Waals surface area contributed by atoms with Crippen LogP contribution >= 0.6 is 0 Å². The fourth-order valence-electron chi connectivity index (χ4n) is 5.07. The predicted molar refractivity (Wildman–Crippen MR) is 111 cm³/mol. The predicted octanol–water partition coefficient (Wildman–Crippen LogP) is 2.66. The number of nitrogens with one attached hydrogen (secondary N) is 1. The summed E-state index contributed by atoms with van der Waals surface area (Å²) in [5.41, 5.74) is 1.39. The SMILES string of the molecule is O=C(NCC1CCN(Cc2ccccc2)CC1)C1COCCN1C1CCCC1. The molecule has 0 bridgehead atoms. The number of carbonyl (C=O) groups excluding carboxylic acids is 1. The Bertz CT molecular complexity index is 610. The van der Waals surface area contributed by atoms with Crippen LogP contribution in [0, 0.1) is 5.92 Å². The molecule has 1 saturated carbocycles. The maximum absolute atomic E-state index is 12.9. The molecule has 4 rings (SSSR count). The second kappa shape index (κ2) is 9.86. The van der Waals surface area contributed by atoms with Crippen molar-refractivity contribution in [2.45, 2.75) is 57.2 Å². The molecular formula is C23H35N3O2. The van der Waals surface area contributed by atoms with E-state index in [1.807, 2.05) is 0 Å². The number of morpholine rings is 1. The third-order valence-electron chi connectivity index (χ3n) is 6.79. The minimum absolute atomic E-state index is 0.0879. The van der Waals surface area contributed by atoms with Crippen LogP contribution < -0.4 is 5.32 Å². The Morgan fingerprint density at radius 1 is 1.04 bits per heavy atom. The highest BCUT2D eigenvalue weighted by Crippen LogP contribution is 2.26. The molecule has 0 aromatic heterocycles. The van der Waals surface area contributed by atoms with Crippen LogP contribution in [0.4, 0.5) is 0 Å². The second-order valence-corrected chi connectivity index (χ2v) is 8.72. The van der Waals surface area contributed by atoms with Crippen molar-refractivity contribution in [3.8, 4) is 0 Å². The van der Waals surface area contributed by atoms with E-state index < -0.39 is 0 Å². The summed E-state index contributed by atoms with van der Waals surface area (Å²) in [5.74, 6) is 0.777. The molecule has 2 heterocycles. The summed E-state index contributed by atoms with van der Waals surface area (Å²) in [5, 5.41) is 3.26. The summed E-state index contributed by atoms with van der Waals surface area (Å²) < 4.78 is 5.65. The molecule has 154 valence electrons. The molecular weight excluding hydrogens is 350 g/mol. The number of carbonyl (C=O) groups is 1. The molecule has 3 aliphatic rings. The van der Waals surface area contributed by atoms with E-state index in [0.29, 0.717) is 18.6 Å². The van der Waals surface area contributed by atoms with Gasteiger partial charge in [0.05, 0.1) is 13.2 Å². The van der Waals surface area contributed by atoms with Gasteiger partial charge in [-0.05, 0) is 50.3 Å². The van der Waals surface area contributed by atoms with Crippen molar-refractivity contribution in [2.24, 2.45) is 5.92 Å². The first-order valence-electron chi connectivity index (χ1n) is 11.2. The van der Waals surface area contributed by atoms with E-state index in [-0.39, 0.29) is 11.9 Å². The maximum atomic E-state index is 12.9. The van der Waals surface area contributed by atoms with Crippen molar-refractivity contribution in [3.05, 3.63) is 35.9 Å². The van der Waals surface area contributed by atoms with Gasteiger partial charge in [-0.25, -0.2) is 0 Å². The first-order chi connectivity index (χ1) is 13.8. The van der Waals surface area contributed by atoms with E-state index in [9.17, 15) is 4.79 Å². The van der Waals surface area contributed by atoms with E-state index in [0.717, 1.165) is 39.3 Å². The molecule has 2 aliphatic heterocycles. The smallest absolute Gasteiger partial charge is 0.239 e. The number of amides is 1. The van der Waals surface area contributed by atoms with Crippen LogP contribution in [0.5, 0.6) is 0 Å². The number of hydrogen-bond acceptors (Lipinski definition) is 4. The van der Waals surface area contributed by atoms with Crippen LogP contribution in [0.15, 0.2) is 30.3 Å². The molecule has 5 heteroatoms. The molecule has 0 radical (unpaired) electrons. The van der Waals surface area contributed by atoms with Gasteiger partial charge in [0.1, 0.15) is 6.04 Å². The van der Waals surface area contributed by atoms with Gasteiger partial charge < -0.3 is 10.1 Å². The number of likely N-dealkylation sites (tertiary alicyclic amines) is 1. The molecule has 3 fully saturated rings. The maximum Gasteiger partial charge on any atom is 0.239 e. The van der Waals surface area contributed by atoms with Crippen molar-refractivity contribution in [1.29, 1.82) is 0 Å². The lowest BCUT2D eigenvalue weighted by molar-refractivity contribution is -0.134. The molecule has 1 atom stereocenters. The van der Waals surface area contributed by atoms with Crippen molar-refractivity contribution in [3.63, 3.8) is 0 Å². The van der Waals surface area contributed by atoms with Gasteiger partial charge in [0.25, 0.3) is 0 Å². The fourth-order valence-corrected chi connectivity index (χ4v) is 5.07. The minimum Gasteiger partial charge on any atom is -0.378 e. The van der Waals surface area contributed by atoms with Gasteiger partial charge in [0, 0.05) is 25.7 Å². The van der Waals surface area contributed by atoms with Crippen molar-refractivity contribution < 1.29 is 9.53 Å². The second-order valence-electron chi connectivity index (χ2n) is 8.72. The van der Waals surface area contributed by atoms with Crippen molar-refractivity contribution >= 4 is 5.91 Å². The number of piperidine rings is 1. The average molecular weight is 386 g/mol. The Morgan fingerprint density at radius 2 is 1.79 bits per heavy atom. The monoisotopic (exact) mass is 385 g/mol. The normalized spacial score (nSPS) is 25.8. The number of benzene rings is 1. The lowest BCUT2D eigenvalue weighted by atomic mass is 9.96.